The van der Waals surface area contributed by atoms with Crippen LogP contribution < -0.4 is 20.1 Å². The quantitative estimate of drug-likeness (QED) is 0.740. The smallest absolute Gasteiger partial charge is 0.258 e. The molecule has 2 N–H and O–H groups in total. The summed E-state index contributed by atoms with van der Waals surface area (Å²) in [5, 5.41) is 5.23. The van der Waals surface area contributed by atoms with Crippen LogP contribution in [0.3, 0.4) is 0 Å². The topological polar surface area (TPSA) is 76.7 Å². The molecular weight excluding hydrogens is 388 g/mol. The van der Waals surface area contributed by atoms with E-state index < -0.39 is 5.91 Å². The van der Waals surface area contributed by atoms with Crippen LogP contribution in [0, 0.1) is 6.92 Å². The molecule has 0 aliphatic rings. The van der Waals surface area contributed by atoms with Gasteiger partial charge >= 0.3 is 0 Å². The van der Waals surface area contributed by atoms with Gasteiger partial charge in [-0.25, -0.2) is 0 Å². The molecule has 2 aromatic carbocycles. The second-order valence-corrected chi connectivity index (χ2v) is 6.08. The summed E-state index contributed by atoms with van der Waals surface area (Å²) in [6.45, 7) is 1.59. The number of nitrogens with one attached hydrogen (secondary N) is 2. The Morgan fingerprint density at radius 3 is 2.48 bits per heavy atom. The molecule has 25 heavy (non-hydrogen) atoms. The molecule has 0 heterocycles. The predicted molar refractivity (Wildman–Crippen MR) is 99.0 cm³/mol. The first-order valence-corrected chi connectivity index (χ1v) is 8.37. The van der Waals surface area contributed by atoms with Crippen LogP contribution in [0.5, 0.6) is 11.5 Å². The summed E-state index contributed by atoms with van der Waals surface area (Å²) in [5.41, 5.74) is 1.68. The van der Waals surface area contributed by atoms with Crippen molar-refractivity contribution in [1.82, 2.24) is 5.32 Å². The number of para-hydroxylation sites is 2. The van der Waals surface area contributed by atoms with Crippen molar-refractivity contribution in [2.45, 2.75) is 6.92 Å². The number of amides is 2. The van der Waals surface area contributed by atoms with Crippen LogP contribution in [0.4, 0.5) is 5.69 Å². The monoisotopic (exact) mass is 406 g/mol. The van der Waals surface area contributed by atoms with Crippen LogP contribution in [0.2, 0.25) is 0 Å². The van der Waals surface area contributed by atoms with Crippen molar-refractivity contribution >= 4 is 33.4 Å². The number of rotatable bonds is 7. The standard InChI is InChI=1S/C18H19BrN2O4/c1-12-9-13(7-8-14(12)19)21-17(22)10-20-18(23)11-25-16-6-4-3-5-15(16)24-2/h3-9H,10-11H2,1-2H3,(H,20,23)(H,21,22). The van der Waals surface area contributed by atoms with E-state index in [0.29, 0.717) is 17.2 Å². The van der Waals surface area contributed by atoms with Crippen LogP contribution in [-0.4, -0.2) is 32.1 Å². The number of hydrogen-bond donors (Lipinski definition) is 2. The largest absolute Gasteiger partial charge is 0.493 e. The highest BCUT2D eigenvalue weighted by atomic mass is 79.9. The van der Waals surface area contributed by atoms with Gasteiger partial charge in [0, 0.05) is 10.2 Å². The average molecular weight is 407 g/mol. The average Bonchev–Trinajstić information content (AvgIpc) is 2.61. The summed E-state index contributed by atoms with van der Waals surface area (Å²) in [5.74, 6) is 0.300. The third-order valence-corrected chi connectivity index (χ3v) is 4.21. The molecule has 0 aliphatic heterocycles. The number of methoxy groups -OCH3 is 1. The number of anilines is 1. The van der Waals surface area contributed by atoms with Crippen LogP contribution in [-0.2, 0) is 9.59 Å². The fourth-order valence-corrected chi connectivity index (χ4v) is 2.29. The number of ether oxygens (including phenoxy) is 2. The lowest BCUT2D eigenvalue weighted by Crippen LogP contribution is -2.35. The second kappa shape index (κ2) is 9.08. The maximum atomic E-state index is 11.9. The minimum Gasteiger partial charge on any atom is -0.493 e. The Balaban J connectivity index is 1.77. The van der Waals surface area contributed by atoms with E-state index in [1.54, 1.807) is 30.3 Å². The van der Waals surface area contributed by atoms with E-state index in [1.807, 2.05) is 19.1 Å². The fraction of sp³-hybridized carbons (Fsp3) is 0.222. The molecule has 0 saturated carbocycles. The van der Waals surface area contributed by atoms with E-state index in [9.17, 15) is 9.59 Å². The molecule has 2 amide bonds. The fourth-order valence-electron chi connectivity index (χ4n) is 2.04. The van der Waals surface area contributed by atoms with Gasteiger partial charge in [0.1, 0.15) is 0 Å². The summed E-state index contributed by atoms with van der Waals surface area (Å²) in [6.07, 6.45) is 0. The van der Waals surface area contributed by atoms with Gasteiger partial charge in [-0.3, -0.25) is 9.59 Å². The highest BCUT2D eigenvalue weighted by Gasteiger charge is 2.09. The van der Waals surface area contributed by atoms with Crippen molar-refractivity contribution in [3.63, 3.8) is 0 Å². The third-order valence-electron chi connectivity index (χ3n) is 3.32. The zero-order valence-corrected chi connectivity index (χ0v) is 15.6. The Morgan fingerprint density at radius 2 is 1.80 bits per heavy atom. The number of carbonyl (C=O) groups excluding carboxylic acids is 2. The molecule has 6 nitrogen and oxygen atoms in total. The minimum atomic E-state index is -0.395. The van der Waals surface area contributed by atoms with Crippen molar-refractivity contribution < 1.29 is 19.1 Å². The zero-order valence-electron chi connectivity index (χ0n) is 14.0. The summed E-state index contributed by atoms with van der Waals surface area (Å²) in [4.78, 5) is 23.7. The van der Waals surface area contributed by atoms with Crippen molar-refractivity contribution in [3.8, 4) is 11.5 Å². The van der Waals surface area contributed by atoms with Crippen LogP contribution in [0.1, 0.15) is 5.56 Å². The molecule has 132 valence electrons. The Hall–Kier alpha value is -2.54. The second-order valence-electron chi connectivity index (χ2n) is 5.23. The van der Waals surface area contributed by atoms with E-state index in [4.69, 9.17) is 9.47 Å². The van der Waals surface area contributed by atoms with Crippen molar-refractivity contribution in [3.05, 3.63) is 52.5 Å². The molecule has 0 radical (unpaired) electrons. The SMILES string of the molecule is COc1ccccc1OCC(=O)NCC(=O)Nc1ccc(Br)c(C)c1. The summed E-state index contributed by atoms with van der Waals surface area (Å²) < 4.78 is 11.5. The molecule has 0 aliphatic carbocycles. The van der Waals surface area contributed by atoms with Gasteiger partial charge in [-0.1, -0.05) is 28.1 Å². The number of aryl methyl sites for hydroxylation is 1. The van der Waals surface area contributed by atoms with E-state index in [-0.39, 0.29) is 19.1 Å². The molecule has 0 aromatic heterocycles. The number of benzene rings is 2. The van der Waals surface area contributed by atoms with Gasteiger partial charge in [0.05, 0.1) is 13.7 Å². The van der Waals surface area contributed by atoms with E-state index in [2.05, 4.69) is 26.6 Å². The Bertz CT molecular complexity index is 764. The Kier molecular flexibility index (Phi) is 6.82. The van der Waals surface area contributed by atoms with Gasteiger partial charge in [0.25, 0.3) is 5.91 Å². The number of carbonyl (C=O) groups is 2. The highest BCUT2D eigenvalue weighted by molar-refractivity contribution is 9.10. The number of halogens is 1. The highest BCUT2D eigenvalue weighted by Crippen LogP contribution is 2.25. The summed E-state index contributed by atoms with van der Waals surface area (Å²) >= 11 is 3.40. The van der Waals surface area contributed by atoms with Crippen molar-refractivity contribution in [2.24, 2.45) is 0 Å². The van der Waals surface area contributed by atoms with Gasteiger partial charge in [-0.15, -0.1) is 0 Å². The molecule has 7 heteroatoms. The first-order valence-electron chi connectivity index (χ1n) is 7.58. The normalized spacial score (nSPS) is 10.0. The maximum absolute atomic E-state index is 11.9. The summed E-state index contributed by atoms with van der Waals surface area (Å²) in [7, 11) is 1.52. The van der Waals surface area contributed by atoms with Crippen LogP contribution in [0.25, 0.3) is 0 Å². The first-order chi connectivity index (χ1) is 12.0. The van der Waals surface area contributed by atoms with Crippen LogP contribution >= 0.6 is 15.9 Å². The molecule has 0 unspecified atom stereocenters. The molecule has 0 atom stereocenters. The Labute approximate surface area is 154 Å². The predicted octanol–water partition coefficient (Wildman–Crippen LogP) is 2.90. The Morgan fingerprint density at radius 1 is 1.08 bits per heavy atom. The van der Waals surface area contributed by atoms with Gasteiger partial charge in [-0.05, 0) is 42.8 Å². The molecule has 2 aromatic rings. The molecule has 0 bridgehead atoms. The minimum absolute atomic E-state index is 0.136. The van der Waals surface area contributed by atoms with E-state index >= 15 is 0 Å². The third kappa shape index (κ3) is 5.79. The maximum Gasteiger partial charge on any atom is 0.258 e. The van der Waals surface area contributed by atoms with Gasteiger partial charge in [-0.2, -0.15) is 0 Å². The molecule has 2 rings (SSSR count). The van der Waals surface area contributed by atoms with Crippen molar-refractivity contribution in [1.29, 1.82) is 0 Å². The summed E-state index contributed by atoms with van der Waals surface area (Å²) in [6, 6.07) is 12.5. The number of hydrogen-bond acceptors (Lipinski definition) is 4. The lowest BCUT2D eigenvalue weighted by molar-refractivity contribution is -0.125. The van der Waals surface area contributed by atoms with Crippen LogP contribution in [0.15, 0.2) is 46.9 Å². The lowest BCUT2D eigenvalue weighted by Gasteiger charge is -2.11. The van der Waals surface area contributed by atoms with Crippen molar-refractivity contribution in [2.75, 3.05) is 25.6 Å². The molecule has 0 saturated heterocycles. The lowest BCUT2D eigenvalue weighted by atomic mass is 10.2. The van der Waals surface area contributed by atoms with E-state index in [0.717, 1.165) is 10.0 Å². The van der Waals surface area contributed by atoms with E-state index in [1.165, 1.54) is 7.11 Å². The van der Waals surface area contributed by atoms with Gasteiger partial charge < -0.3 is 20.1 Å². The first kappa shape index (κ1) is 18.8. The zero-order chi connectivity index (χ0) is 18.2. The molecule has 0 fully saturated rings. The van der Waals surface area contributed by atoms with Gasteiger partial charge in [0.2, 0.25) is 5.91 Å². The van der Waals surface area contributed by atoms with Gasteiger partial charge in [0.15, 0.2) is 18.1 Å². The molecule has 0 spiro atoms. The molecular formula is C18H19BrN2O4.